The number of H-pyrrole nitrogens is 1. The van der Waals surface area contributed by atoms with Gasteiger partial charge < -0.3 is 0 Å². The third-order valence-corrected chi connectivity index (χ3v) is 6.11. The molecule has 1 aliphatic rings. The lowest BCUT2D eigenvalue weighted by Crippen LogP contribution is -2.39. The first-order valence-corrected chi connectivity index (χ1v) is 8.89. The van der Waals surface area contributed by atoms with E-state index < -0.39 is 10.0 Å². The van der Waals surface area contributed by atoms with Crippen LogP contribution in [0.5, 0.6) is 0 Å². The van der Waals surface area contributed by atoms with E-state index in [4.69, 9.17) is 0 Å². The number of nitrogens with one attached hydrogen (secondary N) is 1. The van der Waals surface area contributed by atoms with Crippen LogP contribution in [0.15, 0.2) is 41.7 Å². The molecule has 0 saturated carbocycles. The van der Waals surface area contributed by atoms with Gasteiger partial charge in [-0.25, -0.2) is 8.42 Å². The van der Waals surface area contributed by atoms with Gasteiger partial charge in [0, 0.05) is 37.1 Å². The number of fused-ring (bicyclic) bond motifs is 1. The number of nitrogens with zero attached hydrogens (tertiary/aromatic N) is 5. The third kappa shape index (κ3) is 2.41. The summed E-state index contributed by atoms with van der Waals surface area (Å²) >= 11 is 0. The molecule has 0 aliphatic carbocycles. The molecule has 0 spiro atoms. The van der Waals surface area contributed by atoms with E-state index in [-0.39, 0.29) is 10.8 Å². The molecule has 23 heavy (non-hydrogen) atoms. The number of aromatic amines is 1. The van der Waals surface area contributed by atoms with Crippen LogP contribution in [0.25, 0.3) is 5.52 Å². The topological polar surface area (TPSA) is 96.2 Å². The average molecular weight is 332 g/mol. The Hall–Kier alpha value is -2.26. The predicted molar refractivity (Wildman–Crippen MR) is 82.3 cm³/mol. The number of hydrogen-bond donors (Lipinski definition) is 1. The van der Waals surface area contributed by atoms with Crippen LogP contribution < -0.4 is 0 Å². The largest absolute Gasteiger partial charge is 0.282 e. The molecule has 0 bridgehead atoms. The summed E-state index contributed by atoms with van der Waals surface area (Å²) in [5.74, 6) is 0.140. The minimum atomic E-state index is -3.59. The van der Waals surface area contributed by atoms with E-state index in [1.54, 1.807) is 24.5 Å². The summed E-state index contributed by atoms with van der Waals surface area (Å²) in [5.41, 5.74) is 1.47. The highest BCUT2D eigenvalue weighted by Gasteiger charge is 2.33. The molecule has 0 amide bonds. The molecule has 3 aromatic rings. The van der Waals surface area contributed by atoms with Crippen molar-refractivity contribution in [2.24, 2.45) is 0 Å². The lowest BCUT2D eigenvalue weighted by molar-refractivity contribution is 0.313. The van der Waals surface area contributed by atoms with Gasteiger partial charge in [0.2, 0.25) is 10.0 Å². The SMILES string of the molecule is O=S(=O)(c1cnn2ncccc12)N1CCCC(c2ccn[nH]2)C1. The molecule has 3 aromatic heterocycles. The number of hydrogen-bond acceptors (Lipinski definition) is 5. The first-order valence-electron chi connectivity index (χ1n) is 7.45. The number of sulfonamides is 1. The minimum absolute atomic E-state index is 0.140. The van der Waals surface area contributed by atoms with Crippen molar-refractivity contribution in [3.05, 3.63) is 42.5 Å². The van der Waals surface area contributed by atoms with E-state index >= 15 is 0 Å². The second-order valence-corrected chi connectivity index (χ2v) is 7.53. The van der Waals surface area contributed by atoms with E-state index in [1.807, 2.05) is 6.07 Å². The van der Waals surface area contributed by atoms with Crippen LogP contribution in [0, 0.1) is 0 Å². The maximum absolute atomic E-state index is 13.0. The van der Waals surface area contributed by atoms with E-state index in [0.717, 1.165) is 18.5 Å². The van der Waals surface area contributed by atoms with Crippen molar-refractivity contribution in [1.82, 2.24) is 29.3 Å². The Morgan fingerprint density at radius 2 is 2.13 bits per heavy atom. The first kappa shape index (κ1) is 14.3. The van der Waals surface area contributed by atoms with Crippen molar-refractivity contribution in [3.8, 4) is 0 Å². The van der Waals surface area contributed by atoms with Crippen molar-refractivity contribution >= 4 is 15.5 Å². The molecule has 1 N–H and O–H groups in total. The van der Waals surface area contributed by atoms with Crippen LogP contribution in [-0.2, 0) is 10.0 Å². The van der Waals surface area contributed by atoms with E-state index in [0.29, 0.717) is 18.6 Å². The van der Waals surface area contributed by atoms with Crippen LogP contribution >= 0.6 is 0 Å². The smallest absolute Gasteiger partial charge is 0.246 e. The molecule has 1 aliphatic heterocycles. The molecule has 4 heterocycles. The maximum atomic E-state index is 13.0. The minimum Gasteiger partial charge on any atom is -0.282 e. The molecule has 1 unspecified atom stereocenters. The molecular weight excluding hydrogens is 316 g/mol. The van der Waals surface area contributed by atoms with Gasteiger partial charge in [0.1, 0.15) is 10.4 Å². The van der Waals surface area contributed by atoms with Crippen LogP contribution in [0.1, 0.15) is 24.5 Å². The fraction of sp³-hybridized carbons (Fsp3) is 0.357. The summed E-state index contributed by atoms with van der Waals surface area (Å²) in [6, 6.07) is 5.32. The first-order chi connectivity index (χ1) is 11.2. The molecule has 9 heteroatoms. The third-order valence-electron chi connectivity index (χ3n) is 4.23. The summed E-state index contributed by atoms with van der Waals surface area (Å²) < 4.78 is 28.9. The highest BCUT2D eigenvalue weighted by atomic mass is 32.2. The zero-order chi connectivity index (χ0) is 15.9. The molecule has 1 saturated heterocycles. The Bertz CT molecular complexity index is 918. The predicted octanol–water partition coefficient (Wildman–Crippen LogP) is 1.02. The van der Waals surface area contributed by atoms with Crippen molar-refractivity contribution in [2.75, 3.05) is 13.1 Å². The van der Waals surface area contributed by atoms with Crippen molar-refractivity contribution in [3.63, 3.8) is 0 Å². The highest BCUT2D eigenvalue weighted by molar-refractivity contribution is 7.89. The standard InChI is InChI=1S/C14H16N6O2S/c21-23(22,14-9-17-20-13(14)4-1-6-16-20)19-8-2-3-11(10-19)12-5-7-15-18-12/h1,4-7,9,11H,2-3,8,10H2,(H,15,18). The van der Waals surface area contributed by atoms with Gasteiger partial charge in [-0.2, -0.15) is 24.2 Å². The van der Waals surface area contributed by atoms with Gasteiger partial charge in [0.25, 0.3) is 0 Å². The Balaban J connectivity index is 1.68. The quantitative estimate of drug-likeness (QED) is 0.772. The van der Waals surface area contributed by atoms with Gasteiger partial charge in [-0.15, -0.1) is 0 Å². The van der Waals surface area contributed by atoms with Gasteiger partial charge in [-0.3, -0.25) is 5.10 Å². The van der Waals surface area contributed by atoms with Crippen LogP contribution in [0.2, 0.25) is 0 Å². The lowest BCUT2D eigenvalue weighted by atomic mass is 9.96. The van der Waals surface area contributed by atoms with Crippen molar-refractivity contribution < 1.29 is 8.42 Å². The molecule has 4 rings (SSSR count). The summed E-state index contributed by atoms with van der Waals surface area (Å²) in [6.45, 7) is 0.965. The van der Waals surface area contributed by atoms with E-state index in [2.05, 4.69) is 20.4 Å². The number of piperidine rings is 1. The second-order valence-electron chi connectivity index (χ2n) is 5.62. The second kappa shape index (κ2) is 5.43. The van der Waals surface area contributed by atoms with E-state index in [9.17, 15) is 8.42 Å². The molecule has 8 nitrogen and oxygen atoms in total. The molecule has 1 atom stereocenters. The summed E-state index contributed by atoms with van der Waals surface area (Å²) in [7, 11) is -3.59. The zero-order valence-corrected chi connectivity index (χ0v) is 13.1. The van der Waals surface area contributed by atoms with Gasteiger partial charge >= 0.3 is 0 Å². The lowest BCUT2D eigenvalue weighted by Gasteiger charge is -2.31. The fourth-order valence-electron chi connectivity index (χ4n) is 3.06. The van der Waals surface area contributed by atoms with Gasteiger partial charge in [-0.1, -0.05) is 0 Å². The van der Waals surface area contributed by atoms with Gasteiger partial charge in [0.05, 0.1) is 6.20 Å². The summed E-state index contributed by atoms with van der Waals surface area (Å²) in [4.78, 5) is 0.205. The highest BCUT2D eigenvalue weighted by Crippen LogP contribution is 2.30. The summed E-state index contributed by atoms with van der Waals surface area (Å²) in [6.07, 6.45) is 6.41. The maximum Gasteiger partial charge on any atom is 0.246 e. The van der Waals surface area contributed by atoms with Crippen molar-refractivity contribution in [2.45, 2.75) is 23.7 Å². The Kier molecular flexibility index (Phi) is 3.38. The number of aromatic nitrogens is 5. The normalized spacial score (nSPS) is 20.1. The van der Waals surface area contributed by atoms with Crippen molar-refractivity contribution in [1.29, 1.82) is 0 Å². The average Bonchev–Trinajstić information content (AvgIpc) is 3.25. The molecule has 120 valence electrons. The Morgan fingerprint density at radius 3 is 2.96 bits per heavy atom. The van der Waals surface area contributed by atoms with Crippen LogP contribution in [0.3, 0.4) is 0 Å². The molecule has 0 aromatic carbocycles. The fourth-order valence-corrected chi connectivity index (χ4v) is 4.68. The molecule has 1 fully saturated rings. The van der Waals surface area contributed by atoms with Gasteiger partial charge in [-0.05, 0) is 31.0 Å². The van der Waals surface area contributed by atoms with Gasteiger partial charge in [0.15, 0.2) is 0 Å². The Morgan fingerprint density at radius 1 is 1.22 bits per heavy atom. The number of rotatable bonds is 3. The van der Waals surface area contributed by atoms with E-state index in [1.165, 1.54) is 15.1 Å². The van der Waals surface area contributed by atoms with Crippen LogP contribution in [0.4, 0.5) is 0 Å². The summed E-state index contributed by atoms with van der Waals surface area (Å²) in [5, 5.41) is 15.0. The monoisotopic (exact) mass is 332 g/mol. The molecular formula is C14H16N6O2S. The zero-order valence-electron chi connectivity index (χ0n) is 12.3. The van der Waals surface area contributed by atoms with Crippen LogP contribution in [-0.4, -0.2) is 50.8 Å². The molecule has 0 radical (unpaired) electrons. The Labute approximate surface area is 133 Å².